The fraction of sp³-hybridized carbons (Fsp3) is 1.00. The fourth-order valence-electron chi connectivity index (χ4n) is 2.53. The van der Waals surface area contributed by atoms with Gasteiger partial charge in [-0.2, -0.15) is 0 Å². The monoisotopic (exact) mass is 141 g/mol. The van der Waals surface area contributed by atoms with Crippen LogP contribution in [-0.4, -0.2) is 17.8 Å². The van der Waals surface area contributed by atoms with Crippen LogP contribution in [0.25, 0.3) is 0 Å². The molecule has 0 unspecified atom stereocenters. The molecular formula is C8H15NO. The number of hydrogen-bond acceptors (Lipinski definition) is 2. The highest BCUT2D eigenvalue weighted by Gasteiger charge is 2.56. The van der Waals surface area contributed by atoms with Gasteiger partial charge in [0.1, 0.15) is 0 Å². The minimum atomic E-state index is 0.0428. The van der Waals surface area contributed by atoms with E-state index < -0.39 is 0 Å². The van der Waals surface area contributed by atoms with Crippen LogP contribution in [0.3, 0.4) is 0 Å². The molecule has 3 N–H and O–H groups in total. The molecule has 0 aromatic carbocycles. The van der Waals surface area contributed by atoms with Gasteiger partial charge < -0.3 is 10.8 Å². The molecule has 3 rings (SSSR count). The molecule has 1 atom stereocenters. The quantitative estimate of drug-likeness (QED) is 0.601. The smallest absolute Gasteiger partial charge is 0.0582 e. The van der Waals surface area contributed by atoms with E-state index in [0.717, 1.165) is 12.3 Å². The number of hydrogen-bond donors (Lipinski definition) is 2. The SMILES string of the molecule is N[C@@H](CO)CC12CC(C1)C2. The highest BCUT2D eigenvalue weighted by atomic mass is 16.3. The third-order valence-electron chi connectivity index (χ3n) is 3.09. The Morgan fingerprint density at radius 1 is 1.50 bits per heavy atom. The zero-order valence-corrected chi connectivity index (χ0v) is 6.21. The highest BCUT2D eigenvalue weighted by Crippen LogP contribution is 2.66. The van der Waals surface area contributed by atoms with Gasteiger partial charge in [0.2, 0.25) is 0 Å². The van der Waals surface area contributed by atoms with Crippen molar-refractivity contribution in [1.82, 2.24) is 0 Å². The molecule has 0 spiro atoms. The summed E-state index contributed by atoms with van der Waals surface area (Å²) >= 11 is 0. The van der Waals surface area contributed by atoms with Gasteiger partial charge in [-0.3, -0.25) is 0 Å². The fourth-order valence-corrected chi connectivity index (χ4v) is 2.53. The van der Waals surface area contributed by atoms with Crippen molar-refractivity contribution in [3.05, 3.63) is 0 Å². The molecule has 2 bridgehead atoms. The molecule has 0 aromatic rings. The van der Waals surface area contributed by atoms with Crippen LogP contribution in [0, 0.1) is 11.3 Å². The maximum absolute atomic E-state index is 8.71. The van der Waals surface area contributed by atoms with Crippen LogP contribution in [0.2, 0.25) is 0 Å². The van der Waals surface area contributed by atoms with E-state index in [9.17, 15) is 0 Å². The molecule has 3 aliphatic rings. The van der Waals surface area contributed by atoms with E-state index in [1.807, 2.05) is 0 Å². The van der Waals surface area contributed by atoms with E-state index in [-0.39, 0.29) is 12.6 Å². The maximum Gasteiger partial charge on any atom is 0.0582 e. The highest BCUT2D eigenvalue weighted by molar-refractivity contribution is 5.07. The van der Waals surface area contributed by atoms with Gasteiger partial charge in [-0.05, 0) is 37.0 Å². The lowest BCUT2D eigenvalue weighted by Gasteiger charge is -2.63. The van der Waals surface area contributed by atoms with Crippen molar-refractivity contribution in [3.63, 3.8) is 0 Å². The van der Waals surface area contributed by atoms with Gasteiger partial charge in [0.05, 0.1) is 6.61 Å². The Labute approximate surface area is 61.4 Å². The van der Waals surface area contributed by atoms with Crippen molar-refractivity contribution in [1.29, 1.82) is 0 Å². The lowest BCUT2D eigenvalue weighted by Crippen LogP contribution is -2.54. The van der Waals surface area contributed by atoms with Crippen molar-refractivity contribution in [2.24, 2.45) is 17.1 Å². The average molecular weight is 141 g/mol. The molecule has 2 heteroatoms. The standard InChI is InChI=1S/C8H15NO/c9-7(5-10)4-8-1-6(2-8)3-8/h6-7,10H,1-5,9H2/t6?,7-,8?/m1/s1. The molecule has 0 aliphatic heterocycles. The predicted octanol–water partition coefficient (Wildman–Crippen LogP) is 0.496. The summed E-state index contributed by atoms with van der Waals surface area (Å²) in [6.45, 7) is 0.159. The van der Waals surface area contributed by atoms with Crippen molar-refractivity contribution in [3.8, 4) is 0 Å². The van der Waals surface area contributed by atoms with Gasteiger partial charge in [0, 0.05) is 6.04 Å². The molecule has 3 aliphatic carbocycles. The first-order chi connectivity index (χ1) is 4.74. The van der Waals surface area contributed by atoms with Crippen LogP contribution in [0.5, 0.6) is 0 Å². The normalized spacial score (nSPS) is 45.6. The number of rotatable bonds is 3. The average Bonchev–Trinajstić information content (AvgIpc) is 1.75. The second kappa shape index (κ2) is 1.95. The van der Waals surface area contributed by atoms with E-state index >= 15 is 0 Å². The molecule has 58 valence electrons. The Morgan fingerprint density at radius 2 is 2.10 bits per heavy atom. The Kier molecular flexibility index (Phi) is 1.29. The zero-order valence-electron chi connectivity index (χ0n) is 6.21. The second-order valence-electron chi connectivity index (χ2n) is 4.13. The van der Waals surface area contributed by atoms with Crippen molar-refractivity contribution < 1.29 is 5.11 Å². The number of nitrogens with two attached hydrogens (primary N) is 1. The first-order valence-electron chi connectivity index (χ1n) is 4.11. The number of aliphatic hydroxyl groups excluding tert-OH is 1. The summed E-state index contributed by atoms with van der Waals surface area (Å²) in [5, 5.41) is 8.71. The molecule has 0 heterocycles. The molecule has 10 heavy (non-hydrogen) atoms. The molecule has 0 radical (unpaired) electrons. The summed E-state index contributed by atoms with van der Waals surface area (Å²) in [4.78, 5) is 0. The van der Waals surface area contributed by atoms with Crippen molar-refractivity contribution in [2.75, 3.05) is 6.61 Å². The van der Waals surface area contributed by atoms with Crippen molar-refractivity contribution >= 4 is 0 Å². The molecule has 0 amide bonds. The van der Waals surface area contributed by atoms with Gasteiger partial charge in [-0.1, -0.05) is 0 Å². The van der Waals surface area contributed by atoms with E-state index in [1.54, 1.807) is 0 Å². The van der Waals surface area contributed by atoms with Gasteiger partial charge in [-0.15, -0.1) is 0 Å². The third kappa shape index (κ3) is 0.789. The van der Waals surface area contributed by atoms with Crippen LogP contribution in [0.15, 0.2) is 0 Å². The van der Waals surface area contributed by atoms with E-state index in [2.05, 4.69) is 0 Å². The second-order valence-corrected chi connectivity index (χ2v) is 4.13. The largest absolute Gasteiger partial charge is 0.395 e. The van der Waals surface area contributed by atoms with Crippen LogP contribution >= 0.6 is 0 Å². The summed E-state index contributed by atoms with van der Waals surface area (Å²) in [6.07, 6.45) is 5.22. The van der Waals surface area contributed by atoms with Crippen LogP contribution in [-0.2, 0) is 0 Å². The van der Waals surface area contributed by atoms with Gasteiger partial charge in [0.15, 0.2) is 0 Å². The molecule has 0 aromatic heterocycles. The third-order valence-corrected chi connectivity index (χ3v) is 3.09. The summed E-state index contributed by atoms with van der Waals surface area (Å²) in [5.41, 5.74) is 6.25. The van der Waals surface area contributed by atoms with E-state index in [1.165, 1.54) is 19.3 Å². The van der Waals surface area contributed by atoms with Crippen LogP contribution in [0.1, 0.15) is 25.7 Å². The summed E-state index contributed by atoms with van der Waals surface area (Å²) in [5.74, 6) is 1.03. The minimum absolute atomic E-state index is 0.0428. The molecule has 0 saturated heterocycles. The Bertz CT molecular complexity index is 129. The minimum Gasteiger partial charge on any atom is -0.395 e. The van der Waals surface area contributed by atoms with E-state index in [0.29, 0.717) is 5.41 Å². The Balaban J connectivity index is 1.79. The lowest BCUT2D eigenvalue weighted by molar-refractivity contribution is -0.118. The zero-order chi connectivity index (χ0) is 7.19. The molecule has 2 nitrogen and oxygen atoms in total. The maximum atomic E-state index is 8.71. The summed E-state index contributed by atoms with van der Waals surface area (Å²) < 4.78 is 0. The van der Waals surface area contributed by atoms with Gasteiger partial charge in [-0.25, -0.2) is 0 Å². The lowest BCUT2D eigenvalue weighted by atomic mass is 9.43. The van der Waals surface area contributed by atoms with Crippen molar-refractivity contribution in [2.45, 2.75) is 31.7 Å². The Morgan fingerprint density at radius 3 is 2.40 bits per heavy atom. The molecule has 3 fully saturated rings. The molecule has 3 saturated carbocycles. The molecular weight excluding hydrogens is 126 g/mol. The topological polar surface area (TPSA) is 46.2 Å². The Hall–Kier alpha value is -0.0800. The van der Waals surface area contributed by atoms with Gasteiger partial charge >= 0.3 is 0 Å². The predicted molar refractivity (Wildman–Crippen MR) is 39.5 cm³/mol. The first kappa shape index (κ1) is 6.62. The van der Waals surface area contributed by atoms with E-state index in [4.69, 9.17) is 10.8 Å². The van der Waals surface area contributed by atoms with Crippen LogP contribution in [0.4, 0.5) is 0 Å². The number of aliphatic hydroxyl groups is 1. The first-order valence-corrected chi connectivity index (χ1v) is 4.11. The van der Waals surface area contributed by atoms with Gasteiger partial charge in [0.25, 0.3) is 0 Å². The summed E-state index contributed by atoms with van der Waals surface area (Å²) in [6, 6.07) is 0.0428. The summed E-state index contributed by atoms with van der Waals surface area (Å²) in [7, 11) is 0. The van der Waals surface area contributed by atoms with Crippen LogP contribution < -0.4 is 5.73 Å².